The second-order valence-electron chi connectivity index (χ2n) is 15.4. The van der Waals surface area contributed by atoms with Crippen LogP contribution in [0.4, 0.5) is 0 Å². The summed E-state index contributed by atoms with van der Waals surface area (Å²) >= 11 is 0. The highest BCUT2D eigenvalue weighted by atomic mass is 31.2. The number of nitrogens with zero attached hydrogens (tertiary/aromatic N) is 1. The van der Waals surface area contributed by atoms with Gasteiger partial charge in [0, 0.05) is 12.8 Å². The van der Waals surface area contributed by atoms with Crippen LogP contribution in [0.2, 0.25) is 0 Å². The van der Waals surface area contributed by atoms with E-state index in [4.69, 9.17) is 18.5 Å². The zero-order valence-corrected chi connectivity index (χ0v) is 36.1. The number of hydrogen-bond acceptors (Lipinski definition) is 7. The van der Waals surface area contributed by atoms with Crippen molar-refractivity contribution in [2.45, 2.75) is 174 Å². The molecule has 0 fully saturated rings. The molecule has 0 aliphatic carbocycles. The molecule has 0 heterocycles. The van der Waals surface area contributed by atoms with Crippen molar-refractivity contribution in [1.82, 2.24) is 0 Å². The lowest BCUT2D eigenvalue weighted by Crippen LogP contribution is -2.37. The Kier molecular flexibility index (Phi) is 35.2. The highest BCUT2D eigenvalue weighted by molar-refractivity contribution is 7.47. The van der Waals surface area contributed by atoms with Crippen molar-refractivity contribution in [3.05, 3.63) is 48.6 Å². The van der Waals surface area contributed by atoms with Gasteiger partial charge in [0.1, 0.15) is 19.8 Å². The molecular weight excluding hydrogens is 701 g/mol. The standard InChI is InChI=1S/C44H80NO8P/c1-6-8-10-12-14-16-18-20-21-22-23-25-26-28-30-32-34-36-43(46)50-40-42(41-52-54(48,49)51-39-38-45(3,4)5)53-44(47)37-35-33-31-29-27-24-19-17-15-13-11-9-7-2/h20-21,23-25,27-28,30,42H,6-19,22,26,29,31-41H2,1-5H3/p+1/b21-20+,25-23+,27-24+,30-28+/t42-/m1/s1. The number of esters is 2. The summed E-state index contributed by atoms with van der Waals surface area (Å²) in [5, 5.41) is 0. The highest BCUT2D eigenvalue weighted by Crippen LogP contribution is 2.43. The average Bonchev–Trinajstić information content (AvgIpc) is 3.12. The van der Waals surface area contributed by atoms with Gasteiger partial charge in [-0.05, 0) is 70.6 Å². The molecule has 10 heteroatoms. The topological polar surface area (TPSA) is 108 Å². The minimum atomic E-state index is -4.39. The van der Waals surface area contributed by atoms with Crippen LogP contribution in [0.3, 0.4) is 0 Å². The lowest BCUT2D eigenvalue weighted by molar-refractivity contribution is -0.870. The number of unbranched alkanes of at least 4 members (excludes halogenated alkanes) is 16. The van der Waals surface area contributed by atoms with Gasteiger partial charge in [-0.2, -0.15) is 0 Å². The first-order valence-electron chi connectivity index (χ1n) is 21.4. The molecule has 0 rings (SSSR count). The van der Waals surface area contributed by atoms with Crippen molar-refractivity contribution in [2.24, 2.45) is 0 Å². The van der Waals surface area contributed by atoms with Gasteiger partial charge in [0.05, 0.1) is 27.7 Å². The Hall–Kier alpha value is -2.03. The largest absolute Gasteiger partial charge is 0.472 e. The smallest absolute Gasteiger partial charge is 0.462 e. The van der Waals surface area contributed by atoms with Crippen molar-refractivity contribution in [1.29, 1.82) is 0 Å². The number of phosphoric acid groups is 1. The molecule has 54 heavy (non-hydrogen) atoms. The number of ether oxygens (including phenoxy) is 2. The van der Waals surface area contributed by atoms with Crippen LogP contribution in [0.5, 0.6) is 0 Å². The Labute approximate surface area is 331 Å². The summed E-state index contributed by atoms with van der Waals surface area (Å²) in [5.74, 6) is -0.881. The molecule has 0 saturated heterocycles. The van der Waals surface area contributed by atoms with Crippen LogP contribution < -0.4 is 0 Å². The van der Waals surface area contributed by atoms with Crippen LogP contribution in [0.15, 0.2) is 48.6 Å². The fourth-order valence-electron chi connectivity index (χ4n) is 5.43. The first-order chi connectivity index (χ1) is 26.0. The summed E-state index contributed by atoms with van der Waals surface area (Å²) in [7, 11) is 1.44. The maximum Gasteiger partial charge on any atom is 0.472 e. The third-order valence-corrected chi connectivity index (χ3v) is 9.82. The SMILES string of the molecule is CCCCCCCC/C=C/C/C=C/C/C=C/CCCC(=O)OC[C@H](COP(=O)(O)OCC[N+](C)(C)C)OC(=O)CCCCC/C=C/CCCCCCCC. The number of allylic oxidation sites excluding steroid dienone is 8. The summed E-state index contributed by atoms with van der Waals surface area (Å²) < 4.78 is 34.2. The molecular formula is C44H81NO8P+. The third-order valence-electron chi connectivity index (χ3n) is 8.83. The first kappa shape index (κ1) is 52.0. The predicted molar refractivity (Wildman–Crippen MR) is 224 cm³/mol. The highest BCUT2D eigenvalue weighted by Gasteiger charge is 2.27. The molecule has 0 aliphatic heterocycles. The van der Waals surface area contributed by atoms with Crippen molar-refractivity contribution < 1.29 is 42.1 Å². The van der Waals surface area contributed by atoms with Crippen molar-refractivity contribution >= 4 is 19.8 Å². The minimum absolute atomic E-state index is 0.0202. The molecule has 0 radical (unpaired) electrons. The van der Waals surface area contributed by atoms with Crippen molar-refractivity contribution in [3.63, 3.8) is 0 Å². The van der Waals surface area contributed by atoms with E-state index in [1.807, 2.05) is 21.1 Å². The number of phosphoric ester groups is 1. The molecule has 0 amide bonds. The van der Waals surface area contributed by atoms with Gasteiger partial charge in [0.25, 0.3) is 0 Å². The number of hydrogen-bond donors (Lipinski definition) is 1. The van der Waals surface area contributed by atoms with Crippen LogP contribution in [-0.4, -0.2) is 74.9 Å². The molecule has 9 nitrogen and oxygen atoms in total. The van der Waals surface area contributed by atoms with Gasteiger partial charge in [-0.15, -0.1) is 0 Å². The molecule has 0 spiro atoms. The summed E-state index contributed by atoms with van der Waals surface area (Å²) in [5.41, 5.74) is 0. The van der Waals surface area contributed by atoms with E-state index in [-0.39, 0.29) is 26.1 Å². The molecule has 0 saturated carbocycles. The first-order valence-corrected chi connectivity index (χ1v) is 22.9. The molecule has 2 atom stereocenters. The van der Waals surface area contributed by atoms with Gasteiger partial charge in [-0.3, -0.25) is 18.6 Å². The predicted octanol–water partition coefficient (Wildman–Crippen LogP) is 11.9. The fraction of sp³-hybridized carbons (Fsp3) is 0.773. The number of rotatable bonds is 38. The zero-order chi connectivity index (χ0) is 40.0. The van der Waals surface area contributed by atoms with Crippen LogP contribution in [0, 0.1) is 0 Å². The van der Waals surface area contributed by atoms with Gasteiger partial charge in [0.2, 0.25) is 0 Å². The number of carbonyl (C=O) groups is 2. The second kappa shape index (κ2) is 36.6. The Morgan fingerprint density at radius 3 is 1.56 bits per heavy atom. The number of likely N-dealkylation sites (N-methyl/N-ethyl adjacent to an activating group) is 1. The van der Waals surface area contributed by atoms with Gasteiger partial charge in [-0.1, -0.05) is 133 Å². The van der Waals surface area contributed by atoms with E-state index in [0.717, 1.165) is 51.4 Å². The van der Waals surface area contributed by atoms with E-state index in [2.05, 4.69) is 62.5 Å². The molecule has 1 N–H and O–H groups in total. The van der Waals surface area contributed by atoms with Crippen LogP contribution in [0.1, 0.15) is 168 Å². The maximum absolute atomic E-state index is 12.6. The summed E-state index contributed by atoms with van der Waals surface area (Å²) in [6.07, 6.45) is 41.7. The van der Waals surface area contributed by atoms with Crippen LogP contribution in [-0.2, 0) is 32.7 Å². The van der Waals surface area contributed by atoms with E-state index in [1.165, 1.54) is 77.0 Å². The molecule has 0 aliphatic rings. The van der Waals surface area contributed by atoms with E-state index in [1.54, 1.807) is 0 Å². The normalized spacial score (nSPS) is 14.1. The Bertz CT molecular complexity index is 1070. The van der Waals surface area contributed by atoms with E-state index in [9.17, 15) is 19.0 Å². The molecule has 0 bridgehead atoms. The summed E-state index contributed by atoms with van der Waals surface area (Å²) in [6.45, 7) is 4.32. The fourth-order valence-corrected chi connectivity index (χ4v) is 6.18. The Morgan fingerprint density at radius 2 is 1.02 bits per heavy atom. The van der Waals surface area contributed by atoms with Crippen molar-refractivity contribution in [2.75, 3.05) is 47.5 Å². The van der Waals surface area contributed by atoms with Crippen LogP contribution in [0.25, 0.3) is 0 Å². The van der Waals surface area contributed by atoms with Crippen molar-refractivity contribution in [3.8, 4) is 0 Å². The molecule has 314 valence electrons. The van der Waals surface area contributed by atoms with Gasteiger partial charge >= 0.3 is 19.8 Å². The Balaban J connectivity index is 4.49. The maximum atomic E-state index is 12.6. The van der Waals surface area contributed by atoms with Gasteiger partial charge < -0.3 is 18.9 Å². The Morgan fingerprint density at radius 1 is 0.574 bits per heavy atom. The van der Waals surface area contributed by atoms with Gasteiger partial charge in [-0.25, -0.2) is 4.57 Å². The zero-order valence-electron chi connectivity index (χ0n) is 35.2. The molecule has 1 unspecified atom stereocenters. The summed E-state index contributed by atoms with van der Waals surface area (Å²) in [4.78, 5) is 35.3. The monoisotopic (exact) mass is 783 g/mol. The minimum Gasteiger partial charge on any atom is -0.462 e. The van der Waals surface area contributed by atoms with Gasteiger partial charge in [0.15, 0.2) is 6.10 Å². The third kappa shape index (κ3) is 39.7. The number of quaternary nitrogens is 1. The molecule has 0 aromatic heterocycles. The average molecular weight is 783 g/mol. The second-order valence-corrected chi connectivity index (χ2v) is 16.8. The molecule has 0 aromatic carbocycles. The lowest BCUT2D eigenvalue weighted by atomic mass is 10.1. The summed E-state index contributed by atoms with van der Waals surface area (Å²) in [6, 6.07) is 0. The van der Waals surface area contributed by atoms with E-state index < -0.39 is 32.5 Å². The lowest BCUT2D eigenvalue weighted by Gasteiger charge is -2.24. The van der Waals surface area contributed by atoms with Crippen LogP contribution >= 0.6 is 7.82 Å². The quantitative estimate of drug-likeness (QED) is 0.0217. The van der Waals surface area contributed by atoms with E-state index in [0.29, 0.717) is 23.9 Å². The van der Waals surface area contributed by atoms with E-state index >= 15 is 0 Å². The molecule has 0 aromatic rings. The number of carbonyl (C=O) groups excluding carboxylic acids is 2.